The lowest BCUT2D eigenvalue weighted by atomic mass is 9.98. The van der Waals surface area contributed by atoms with E-state index in [0.29, 0.717) is 22.9 Å². The molecule has 0 saturated carbocycles. The molecule has 2 aromatic rings. The molecule has 0 bridgehead atoms. The zero-order chi connectivity index (χ0) is 19.2. The summed E-state index contributed by atoms with van der Waals surface area (Å²) in [5, 5.41) is 2.78. The number of anilines is 1. The van der Waals surface area contributed by atoms with Crippen LogP contribution in [0.5, 0.6) is 5.75 Å². The summed E-state index contributed by atoms with van der Waals surface area (Å²) in [6, 6.07) is 14.3. The van der Waals surface area contributed by atoms with Crippen molar-refractivity contribution in [2.24, 2.45) is 5.92 Å². The number of carbonyl (C=O) groups is 2. The van der Waals surface area contributed by atoms with Crippen molar-refractivity contribution in [2.45, 2.75) is 19.8 Å². The van der Waals surface area contributed by atoms with Crippen molar-refractivity contribution in [3.05, 3.63) is 58.6 Å². The lowest BCUT2D eigenvalue weighted by molar-refractivity contribution is -0.118. The average Bonchev–Trinajstić information content (AvgIpc) is 2.68. The molecule has 3 rings (SSSR count). The van der Waals surface area contributed by atoms with Gasteiger partial charge in [-0.25, -0.2) is 0 Å². The SMILES string of the molecule is CC1CCN(C(=O)c2ccc(NC(=O)COc3ccc(Br)cc3)cc2)CC1. The van der Waals surface area contributed by atoms with Gasteiger partial charge >= 0.3 is 0 Å². The molecule has 1 saturated heterocycles. The number of rotatable bonds is 5. The van der Waals surface area contributed by atoms with Gasteiger partial charge in [-0.2, -0.15) is 0 Å². The predicted molar refractivity (Wildman–Crippen MR) is 109 cm³/mol. The Kier molecular flexibility index (Phi) is 6.50. The Labute approximate surface area is 167 Å². The topological polar surface area (TPSA) is 58.6 Å². The van der Waals surface area contributed by atoms with Crippen LogP contribution in [0.1, 0.15) is 30.1 Å². The van der Waals surface area contributed by atoms with E-state index in [9.17, 15) is 9.59 Å². The van der Waals surface area contributed by atoms with E-state index >= 15 is 0 Å². The molecular weight excluding hydrogens is 408 g/mol. The normalized spacial score (nSPS) is 14.7. The monoisotopic (exact) mass is 430 g/mol. The molecule has 1 N–H and O–H groups in total. The molecule has 0 aromatic heterocycles. The average molecular weight is 431 g/mol. The molecule has 1 aliphatic heterocycles. The van der Waals surface area contributed by atoms with Gasteiger partial charge in [0.15, 0.2) is 6.61 Å². The van der Waals surface area contributed by atoms with Crippen LogP contribution >= 0.6 is 15.9 Å². The van der Waals surface area contributed by atoms with E-state index < -0.39 is 0 Å². The van der Waals surface area contributed by atoms with Gasteiger partial charge in [0.1, 0.15) is 5.75 Å². The second kappa shape index (κ2) is 9.04. The third-order valence-corrected chi connectivity index (χ3v) is 5.20. The number of piperidine rings is 1. The number of nitrogens with zero attached hydrogens (tertiary/aromatic N) is 1. The fraction of sp³-hybridized carbons (Fsp3) is 0.333. The van der Waals surface area contributed by atoms with E-state index in [2.05, 4.69) is 28.2 Å². The second-order valence-electron chi connectivity index (χ2n) is 6.84. The Hall–Kier alpha value is -2.34. The Bertz CT molecular complexity index is 782. The molecule has 1 aliphatic rings. The summed E-state index contributed by atoms with van der Waals surface area (Å²) in [5.74, 6) is 1.12. The van der Waals surface area contributed by atoms with E-state index in [0.717, 1.165) is 30.4 Å². The summed E-state index contributed by atoms with van der Waals surface area (Å²) in [7, 11) is 0. The van der Waals surface area contributed by atoms with E-state index in [1.54, 1.807) is 36.4 Å². The highest BCUT2D eigenvalue weighted by Crippen LogP contribution is 2.19. The molecule has 0 atom stereocenters. The summed E-state index contributed by atoms with van der Waals surface area (Å²) < 4.78 is 6.40. The zero-order valence-corrected chi connectivity index (χ0v) is 16.9. The van der Waals surface area contributed by atoms with E-state index in [-0.39, 0.29) is 18.4 Å². The lowest BCUT2D eigenvalue weighted by Crippen LogP contribution is -2.37. The minimum absolute atomic E-state index is 0.0540. The zero-order valence-electron chi connectivity index (χ0n) is 15.3. The molecule has 0 spiro atoms. The molecule has 142 valence electrons. The van der Waals surface area contributed by atoms with Gasteiger partial charge in [0.25, 0.3) is 11.8 Å². The fourth-order valence-corrected chi connectivity index (χ4v) is 3.23. The molecular formula is C21H23BrN2O3. The van der Waals surface area contributed by atoms with Crippen LogP contribution in [-0.2, 0) is 4.79 Å². The highest BCUT2D eigenvalue weighted by atomic mass is 79.9. The van der Waals surface area contributed by atoms with Crippen LogP contribution in [-0.4, -0.2) is 36.4 Å². The van der Waals surface area contributed by atoms with Crippen LogP contribution in [0, 0.1) is 5.92 Å². The maximum Gasteiger partial charge on any atom is 0.262 e. The Morgan fingerprint density at radius 3 is 2.33 bits per heavy atom. The summed E-state index contributed by atoms with van der Waals surface area (Å²) in [4.78, 5) is 26.5. The van der Waals surface area contributed by atoms with E-state index in [1.807, 2.05) is 17.0 Å². The van der Waals surface area contributed by atoms with Crippen LogP contribution in [0.4, 0.5) is 5.69 Å². The third kappa shape index (κ3) is 5.57. The molecule has 6 heteroatoms. The van der Waals surface area contributed by atoms with Gasteiger partial charge in [-0.15, -0.1) is 0 Å². The van der Waals surface area contributed by atoms with Gasteiger partial charge < -0.3 is 15.0 Å². The minimum atomic E-state index is -0.248. The maximum atomic E-state index is 12.5. The highest BCUT2D eigenvalue weighted by Gasteiger charge is 2.21. The molecule has 27 heavy (non-hydrogen) atoms. The van der Waals surface area contributed by atoms with Gasteiger partial charge in [0.2, 0.25) is 0 Å². The van der Waals surface area contributed by atoms with Gasteiger partial charge in [-0.1, -0.05) is 22.9 Å². The van der Waals surface area contributed by atoms with E-state index in [1.165, 1.54) is 0 Å². The summed E-state index contributed by atoms with van der Waals surface area (Å²) >= 11 is 3.35. The quantitative estimate of drug-likeness (QED) is 0.767. The number of benzene rings is 2. The molecule has 0 radical (unpaired) electrons. The Morgan fingerprint density at radius 2 is 1.70 bits per heavy atom. The number of hydrogen-bond acceptors (Lipinski definition) is 3. The first kappa shape index (κ1) is 19.4. The Balaban J connectivity index is 1.50. The van der Waals surface area contributed by atoms with E-state index in [4.69, 9.17) is 4.74 Å². The highest BCUT2D eigenvalue weighted by molar-refractivity contribution is 9.10. The number of halogens is 1. The van der Waals surface area contributed by atoms with Gasteiger partial charge in [0, 0.05) is 28.8 Å². The van der Waals surface area contributed by atoms with Crippen LogP contribution in [0.3, 0.4) is 0 Å². The van der Waals surface area contributed by atoms with Gasteiger partial charge in [-0.05, 0) is 67.3 Å². The first-order chi connectivity index (χ1) is 13.0. The summed E-state index contributed by atoms with van der Waals surface area (Å²) in [6.45, 7) is 3.77. The van der Waals surface area contributed by atoms with Crippen LogP contribution in [0.2, 0.25) is 0 Å². The second-order valence-corrected chi connectivity index (χ2v) is 7.76. The molecule has 0 unspecified atom stereocenters. The smallest absolute Gasteiger partial charge is 0.262 e. The van der Waals surface area contributed by atoms with Crippen LogP contribution in [0.15, 0.2) is 53.0 Å². The predicted octanol–water partition coefficient (Wildman–Crippen LogP) is 4.34. The third-order valence-electron chi connectivity index (χ3n) is 4.67. The number of likely N-dealkylation sites (tertiary alicyclic amines) is 1. The molecule has 1 heterocycles. The summed E-state index contributed by atoms with van der Waals surface area (Å²) in [6.07, 6.45) is 2.11. The van der Waals surface area contributed by atoms with Crippen molar-refractivity contribution in [3.63, 3.8) is 0 Å². The van der Waals surface area contributed by atoms with Crippen molar-refractivity contribution >= 4 is 33.4 Å². The number of hydrogen-bond donors (Lipinski definition) is 1. The standard InChI is InChI=1S/C21H23BrN2O3/c1-15-10-12-24(13-11-15)21(26)16-2-6-18(7-3-16)23-20(25)14-27-19-8-4-17(22)5-9-19/h2-9,15H,10-14H2,1H3,(H,23,25). The molecule has 2 amide bonds. The molecule has 1 fully saturated rings. The van der Waals surface area contributed by atoms with Crippen molar-refractivity contribution in [1.29, 1.82) is 0 Å². The number of amides is 2. The lowest BCUT2D eigenvalue weighted by Gasteiger charge is -2.30. The van der Waals surface area contributed by atoms with Crippen molar-refractivity contribution in [2.75, 3.05) is 25.0 Å². The summed E-state index contributed by atoms with van der Waals surface area (Å²) in [5.41, 5.74) is 1.29. The molecule has 2 aromatic carbocycles. The number of nitrogens with one attached hydrogen (secondary N) is 1. The van der Waals surface area contributed by atoms with Gasteiger partial charge in [-0.3, -0.25) is 9.59 Å². The van der Waals surface area contributed by atoms with Crippen LogP contribution < -0.4 is 10.1 Å². The maximum absolute atomic E-state index is 12.5. The number of carbonyl (C=O) groups excluding carboxylic acids is 2. The minimum Gasteiger partial charge on any atom is -0.484 e. The Morgan fingerprint density at radius 1 is 1.07 bits per heavy atom. The molecule has 0 aliphatic carbocycles. The van der Waals surface area contributed by atoms with Crippen molar-refractivity contribution in [3.8, 4) is 5.75 Å². The molecule has 5 nitrogen and oxygen atoms in total. The first-order valence-electron chi connectivity index (χ1n) is 9.09. The first-order valence-corrected chi connectivity index (χ1v) is 9.88. The van der Waals surface area contributed by atoms with Gasteiger partial charge in [0.05, 0.1) is 0 Å². The van der Waals surface area contributed by atoms with Crippen LogP contribution in [0.25, 0.3) is 0 Å². The van der Waals surface area contributed by atoms with Crippen molar-refractivity contribution < 1.29 is 14.3 Å². The number of ether oxygens (including phenoxy) is 1. The van der Waals surface area contributed by atoms with Crippen molar-refractivity contribution in [1.82, 2.24) is 4.90 Å². The largest absolute Gasteiger partial charge is 0.484 e. The fourth-order valence-electron chi connectivity index (χ4n) is 2.97.